The van der Waals surface area contributed by atoms with Crippen LogP contribution in [-0.2, 0) is 9.53 Å². The van der Waals surface area contributed by atoms with Gasteiger partial charge in [0.15, 0.2) is 6.29 Å². The van der Waals surface area contributed by atoms with Gasteiger partial charge in [-0.1, -0.05) is 11.6 Å². The molecule has 1 atom stereocenters. The number of anilines is 1. The number of amides is 1. The molecule has 1 saturated carbocycles. The van der Waals surface area contributed by atoms with Crippen LogP contribution in [0.25, 0.3) is 0 Å². The predicted molar refractivity (Wildman–Crippen MR) is 75.5 cm³/mol. The summed E-state index contributed by atoms with van der Waals surface area (Å²) in [5.41, 5.74) is 0.199. The monoisotopic (exact) mass is 310 g/mol. The van der Waals surface area contributed by atoms with Gasteiger partial charge in [0.05, 0.1) is 18.8 Å². The molecule has 0 radical (unpaired) electrons. The van der Waals surface area contributed by atoms with Gasteiger partial charge in [0.1, 0.15) is 23.3 Å². The molecule has 3 rings (SSSR count). The maximum Gasteiger partial charge on any atom is 0.245 e. The van der Waals surface area contributed by atoms with Gasteiger partial charge in [0.25, 0.3) is 0 Å². The number of morpholine rings is 1. The number of aldehydes is 1. The zero-order valence-electron chi connectivity index (χ0n) is 11.3. The summed E-state index contributed by atoms with van der Waals surface area (Å²) in [5.74, 6) is 0.271. The minimum Gasteiger partial charge on any atom is -0.377 e. The van der Waals surface area contributed by atoms with E-state index in [1.807, 2.05) is 0 Å². The Morgan fingerprint density at radius 3 is 3.00 bits per heavy atom. The summed E-state index contributed by atoms with van der Waals surface area (Å²) in [6.45, 7) is 1.20. The van der Waals surface area contributed by atoms with Gasteiger partial charge >= 0.3 is 0 Å². The van der Waals surface area contributed by atoms with Crippen LogP contribution in [0.1, 0.15) is 23.2 Å². The maximum atomic E-state index is 12.3. The quantitative estimate of drug-likeness (QED) is 0.641. The van der Waals surface area contributed by atoms with E-state index in [0.717, 1.165) is 12.8 Å². The van der Waals surface area contributed by atoms with E-state index in [2.05, 4.69) is 15.3 Å². The first kappa shape index (κ1) is 14.2. The second-order valence-corrected chi connectivity index (χ2v) is 5.44. The number of aromatic nitrogens is 2. The van der Waals surface area contributed by atoms with Crippen molar-refractivity contribution in [3.63, 3.8) is 0 Å². The highest BCUT2D eigenvalue weighted by atomic mass is 35.5. The van der Waals surface area contributed by atoms with Crippen molar-refractivity contribution in [1.82, 2.24) is 15.3 Å². The lowest BCUT2D eigenvalue weighted by atomic mass is 10.2. The molecule has 2 fully saturated rings. The summed E-state index contributed by atoms with van der Waals surface area (Å²) in [6, 6.07) is -0.246. The summed E-state index contributed by atoms with van der Waals surface area (Å²) < 4.78 is 5.39. The molecule has 1 N–H and O–H groups in total. The summed E-state index contributed by atoms with van der Waals surface area (Å²) in [7, 11) is 0. The van der Waals surface area contributed by atoms with Crippen molar-refractivity contribution in [3.8, 4) is 0 Å². The highest BCUT2D eigenvalue weighted by Crippen LogP contribution is 2.25. The van der Waals surface area contributed by atoms with Gasteiger partial charge < -0.3 is 15.0 Å². The Morgan fingerprint density at radius 1 is 1.48 bits per heavy atom. The van der Waals surface area contributed by atoms with Crippen LogP contribution in [0, 0.1) is 0 Å². The molecule has 8 heteroatoms. The van der Waals surface area contributed by atoms with Crippen molar-refractivity contribution >= 4 is 29.6 Å². The first-order valence-corrected chi connectivity index (χ1v) is 7.19. The number of hydrogen-bond donors (Lipinski definition) is 1. The van der Waals surface area contributed by atoms with E-state index in [1.54, 1.807) is 4.90 Å². The molecule has 2 heterocycles. The Balaban J connectivity index is 1.88. The smallest absolute Gasteiger partial charge is 0.245 e. The van der Waals surface area contributed by atoms with E-state index in [1.165, 1.54) is 6.33 Å². The third-order valence-corrected chi connectivity index (χ3v) is 3.86. The number of ether oxygens (including phenoxy) is 1. The van der Waals surface area contributed by atoms with Crippen molar-refractivity contribution in [2.24, 2.45) is 0 Å². The Bertz CT molecular complexity index is 564. The zero-order chi connectivity index (χ0) is 14.8. The molecular weight excluding hydrogens is 296 g/mol. The van der Waals surface area contributed by atoms with Gasteiger partial charge in [-0.25, -0.2) is 9.97 Å². The van der Waals surface area contributed by atoms with Crippen LogP contribution in [-0.4, -0.2) is 54.0 Å². The Morgan fingerprint density at radius 2 is 2.29 bits per heavy atom. The van der Waals surface area contributed by atoms with Crippen LogP contribution < -0.4 is 10.2 Å². The van der Waals surface area contributed by atoms with Gasteiger partial charge in [-0.15, -0.1) is 0 Å². The maximum absolute atomic E-state index is 12.3. The first-order chi connectivity index (χ1) is 10.2. The van der Waals surface area contributed by atoms with E-state index < -0.39 is 6.04 Å². The molecule has 0 aromatic carbocycles. The number of carbonyl (C=O) groups is 2. The molecule has 1 unspecified atom stereocenters. The summed E-state index contributed by atoms with van der Waals surface area (Å²) in [5, 5.41) is 3.04. The largest absolute Gasteiger partial charge is 0.377 e. The Kier molecular flexibility index (Phi) is 4.03. The number of nitrogens with one attached hydrogen (secondary N) is 1. The van der Waals surface area contributed by atoms with Gasteiger partial charge in [-0.2, -0.15) is 0 Å². The molecular formula is C13H15ClN4O3. The molecule has 1 aliphatic carbocycles. The molecule has 1 aromatic rings. The second kappa shape index (κ2) is 5.95. The van der Waals surface area contributed by atoms with Gasteiger partial charge in [0.2, 0.25) is 5.91 Å². The number of hydrogen-bond acceptors (Lipinski definition) is 6. The molecule has 0 bridgehead atoms. The van der Waals surface area contributed by atoms with Crippen LogP contribution in [0.5, 0.6) is 0 Å². The number of halogens is 1. The fraction of sp³-hybridized carbons (Fsp3) is 0.538. The van der Waals surface area contributed by atoms with Crippen LogP contribution in [0.3, 0.4) is 0 Å². The highest BCUT2D eigenvalue weighted by Gasteiger charge is 2.35. The van der Waals surface area contributed by atoms with Crippen molar-refractivity contribution in [1.29, 1.82) is 0 Å². The van der Waals surface area contributed by atoms with Crippen LogP contribution in [0.15, 0.2) is 6.33 Å². The average Bonchev–Trinajstić information content (AvgIpc) is 3.31. The van der Waals surface area contributed by atoms with Crippen LogP contribution in [0.4, 0.5) is 5.82 Å². The summed E-state index contributed by atoms with van der Waals surface area (Å²) >= 11 is 5.93. The van der Waals surface area contributed by atoms with Gasteiger partial charge in [-0.3, -0.25) is 9.59 Å². The van der Waals surface area contributed by atoms with Crippen molar-refractivity contribution in [3.05, 3.63) is 17.0 Å². The summed E-state index contributed by atoms with van der Waals surface area (Å²) in [6.07, 6.45) is 3.93. The molecule has 1 amide bonds. The van der Waals surface area contributed by atoms with Gasteiger partial charge in [0, 0.05) is 12.6 Å². The molecule has 112 valence electrons. The van der Waals surface area contributed by atoms with Crippen LogP contribution >= 0.6 is 11.6 Å². The second-order valence-electron chi connectivity index (χ2n) is 5.09. The molecule has 1 saturated heterocycles. The fourth-order valence-electron chi connectivity index (χ4n) is 2.30. The molecule has 0 spiro atoms. The van der Waals surface area contributed by atoms with Gasteiger partial charge in [-0.05, 0) is 12.8 Å². The number of carbonyl (C=O) groups excluding carboxylic acids is 2. The lowest BCUT2D eigenvalue weighted by Crippen LogP contribution is -2.55. The lowest BCUT2D eigenvalue weighted by Gasteiger charge is -2.35. The molecule has 2 aliphatic rings. The zero-order valence-corrected chi connectivity index (χ0v) is 12.0. The normalized spacial score (nSPS) is 22.0. The predicted octanol–water partition coefficient (Wildman–Crippen LogP) is 0.426. The standard InChI is InChI=1S/C13H15ClN4O3/c14-11-9(5-19)12(16-7-15-11)18-3-4-21-6-10(18)13(20)17-8-1-2-8/h5,7-8,10H,1-4,6H2,(H,17,20). The topological polar surface area (TPSA) is 84.4 Å². The first-order valence-electron chi connectivity index (χ1n) is 6.81. The molecule has 1 aliphatic heterocycles. The minimum atomic E-state index is -0.510. The molecule has 21 heavy (non-hydrogen) atoms. The number of nitrogens with zero attached hydrogens (tertiary/aromatic N) is 3. The van der Waals surface area contributed by atoms with E-state index in [-0.39, 0.29) is 29.3 Å². The van der Waals surface area contributed by atoms with Crippen LogP contribution in [0.2, 0.25) is 5.15 Å². The van der Waals surface area contributed by atoms with E-state index in [0.29, 0.717) is 25.3 Å². The van der Waals surface area contributed by atoms with E-state index >= 15 is 0 Å². The lowest BCUT2D eigenvalue weighted by molar-refractivity contribution is -0.124. The van der Waals surface area contributed by atoms with E-state index in [4.69, 9.17) is 16.3 Å². The Hall–Kier alpha value is -1.73. The third-order valence-electron chi connectivity index (χ3n) is 3.56. The average molecular weight is 311 g/mol. The summed E-state index contributed by atoms with van der Waals surface area (Å²) in [4.78, 5) is 33.2. The van der Waals surface area contributed by atoms with E-state index in [9.17, 15) is 9.59 Å². The van der Waals surface area contributed by atoms with Crippen molar-refractivity contribution < 1.29 is 14.3 Å². The molecule has 7 nitrogen and oxygen atoms in total. The minimum absolute atomic E-state index is 0.0860. The number of rotatable bonds is 4. The van der Waals surface area contributed by atoms with Crippen molar-refractivity contribution in [2.75, 3.05) is 24.7 Å². The molecule has 1 aromatic heterocycles. The third kappa shape index (κ3) is 2.98. The fourth-order valence-corrected chi connectivity index (χ4v) is 2.47. The Labute approximate surface area is 126 Å². The highest BCUT2D eigenvalue weighted by molar-refractivity contribution is 6.32. The SMILES string of the molecule is O=Cc1c(Cl)ncnc1N1CCOCC1C(=O)NC1CC1. The van der Waals surface area contributed by atoms with Crippen molar-refractivity contribution in [2.45, 2.75) is 24.9 Å².